The molecule has 10 heteroatoms. The van der Waals surface area contributed by atoms with Crippen molar-refractivity contribution in [2.24, 2.45) is 5.73 Å². The molecule has 0 spiro atoms. The van der Waals surface area contributed by atoms with Gasteiger partial charge in [-0.2, -0.15) is 0 Å². The molecule has 0 radical (unpaired) electrons. The zero-order chi connectivity index (χ0) is 26.1. The lowest BCUT2D eigenvalue weighted by molar-refractivity contribution is -0.117. The lowest BCUT2D eigenvalue weighted by Crippen LogP contribution is -3.00. The van der Waals surface area contributed by atoms with Gasteiger partial charge >= 0.3 is 7.60 Å². The second-order valence-corrected chi connectivity index (χ2v) is 9.92. The molecule has 0 fully saturated rings. The van der Waals surface area contributed by atoms with Crippen molar-refractivity contribution in [2.75, 3.05) is 0 Å². The van der Waals surface area contributed by atoms with Gasteiger partial charge in [-0.05, 0) is 59.7 Å². The van der Waals surface area contributed by atoms with Gasteiger partial charge in [0, 0.05) is 18.5 Å². The maximum atomic E-state index is 14.5. The van der Waals surface area contributed by atoms with Crippen LogP contribution in [0.2, 0.25) is 0 Å². The normalized spacial score (nSPS) is 11.7. The molecule has 194 valence electrons. The van der Waals surface area contributed by atoms with E-state index in [0.717, 1.165) is 5.56 Å². The second kappa shape index (κ2) is 13.2. The number of hydrogen-bond donors (Lipinski definition) is 3. The number of carbonyl (C=O) groups is 1. The van der Waals surface area contributed by atoms with Crippen molar-refractivity contribution >= 4 is 25.4 Å². The van der Waals surface area contributed by atoms with Gasteiger partial charge in [-0.3, -0.25) is 20.9 Å². The Morgan fingerprint density at radius 2 is 1.47 bits per heavy atom. The van der Waals surface area contributed by atoms with E-state index in [1.165, 1.54) is 6.08 Å². The third kappa shape index (κ3) is 7.56. The van der Waals surface area contributed by atoms with Gasteiger partial charge in [0.25, 0.3) is 5.84 Å². The van der Waals surface area contributed by atoms with Crippen molar-refractivity contribution in [3.8, 4) is 11.5 Å². The summed E-state index contributed by atoms with van der Waals surface area (Å²) in [7, 11) is -4.13. The summed E-state index contributed by atoms with van der Waals surface area (Å²) in [4.78, 5) is 17.1. The van der Waals surface area contributed by atoms with Crippen LogP contribution in [0.1, 0.15) is 22.5 Å². The molecule has 38 heavy (non-hydrogen) atoms. The Morgan fingerprint density at radius 3 is 1.97 bits per heavy atom. The van der Waals surface area contributed by atoms with Gasteiger partial charge in [-0.15, -0.1) is 0 Å². The Labute approximate surface area is 227 Å². The van der Waals surface area contributed by atoms with Gasteiger partial charge in [0.15, 0.2) is 5.78 Å². The third-order valence-corrected chi connectivity index (χ3v) is 7.21. The minimum absolute atomic E-state index is 0. The summed E-state index contributed by atoms with van der Waals surface area (Å²) in [5.41, 5.74) is 7.51. The van der Waals surface area contributed by atoms with E-state index in [9.17, 15) is 9.36 Å². The number of benzene rings is 3. The third-order valence-electron chi connectivity index (χ3n) is 5.22. The standard InChI is InChI=1S/C28H25N4O4P.ClH/c29-27(30)22-14-16-23(17-15-22)28(32-26(33)18-13-21-8-7-19-31-20-21)37(34,35-24-9-3-1-4-10-24)36-25-11-5-2-6-12-25;/h1-20,28H,(H3,29,30)(H,32,33);1H/b18-13+;. The molecule has 8 nitrogen and oxygen atoms in total. The minimum atomic E-state index is -4.13. The Hall–Kier alpha value is -4.39. The van der Waals surface area contributed by atoms with E-state index in [2.05, 4.69) is 10.3 Å². The lowest BCUT2D eigenvalue weighted by atomic mass is 10.1. The SMILES string of the molecule is NC(=[NH2+])c1ccc(C(NC(=O)/C=C/c2cccnc2)P(=O)(Oc2ccccc2)Oc2ccccc2)cc1.[Cl-]. The molecule has 5 N–H and O–H groups in total. The van der Waals surface area contributed by atoms with E-state index in [-0.39, 0.29) is 18.2 Å². The second-order valence-electron chi connectivity index (χ2n) is 7.96. The van der Waals surface area contributed by atoms with Crippen molar-refractivity contribution in [1.29, 1.82) is 0 Å². The largest absolute Gasteiger partial charge is 1.00 e. The van der Waals surface area contributed by atoms with Crippen molar-refractivity contribution in [1.82, 2.24) is 10.3 Å². The number of halogens is 1. The summed E-state index contributed by atoms with van der Waals surface area (Å²) < 4.78 is 26.5. The Kier molecular flexibility index (Phi) is 9.82. The molecule has 3 aromatic carbocycles. The van der Waals surface area contributed by atoms with Gasteiger partial charge in [0.05, 0.1) is 5.56 Å². The van der Waals surface area contributed by atoms with E-state index in [1.54, 1.807) is 97.3 Å². The number of carbonyl (C=O) groups excluding carboxylic acids is 1. The van der Waals surface area contributed by atoms with Crippen LogP contribution in [-0.4, -0.2) is 16.7 Å². The molecule has 1 atom stereocenters. The van der Waals surface area contributed by atoms with E-state index >= 15 is 0 Å². The molecule has 4 rings (SSSR count). The van der Waals surface area contributed by atoms with Crippen molar-refractivity contribution in [3.63, 3.8) is 0 Å². The van der Waals surface area contributed by atoms with E-state index < -0.39 is 19.3 Å². The van der Waals surface area contributed by atoms with E-state index in [0.29, 0.717) is 22.6 Å². The summed E-state index contributed by atoms with van der Waals surface area (Å²) in [5, 5.41) is 8.52. The van der Waals surface area contributed by atoms with Crippen LogP contribution in [0.15, 0.2) is 116 Å². The van der Waals surface area contributed by atoms with Gasteiger partial charge in [-0.25, -0.2) is 4.57 Å². The summed E-state index contributed by atoms with van der Waals surface area (Å²) in [5.74, 6) is -0.898. The Bertz CT molecular complexity index is 1370. The highest BCUT2D eigenvalue weighted by Crippen LogP contribution is 2.59. The average molecular weight is 549 g/mol. The highest BCUT2D eigenvalue weighted by atomic mass is 35.5. The molecule has 0 aliphatic carbocycles. The summed E-state index contributed by atoms with van der Waals surface area (Å²) >= 11 is 0. The van der Waals surface area contributed by atoms with E-state index in [4.69, 9.17) is 20.2 Å². The summed E-state index contributed by atoms with van der Waals surface area (Å²) in [6, 6.07) is 27.5. The molecule has 1 amide bonds. The molecule has 1 aromatic heterocycles. The smallest absolute Gasteiger partial charge is 0.457 e. The molecule has 0 aliphatic rings. The molecular weight excluding hydrogens is 523 g/mol. The van der Waals surface area contributed by atoms with Crippen LogP contribution < -0.4 is 37.9 Å². The summed E-state index contributed by atoms with van der Waals surface area (Å²) in [6.45, 7) is 0. The number of nitrogens with one attached hydrogen (secondary N) is 1. The fraction of sp³-hybridized carbons (Fsp3) is 0.0357. The number of nitrogens with two attached hydrogens (primary N) is 2. The van der Waals surface area contributed by atoms with Crippen LogP contribution in [0.4, 0.5) is 0 Å². The maximum absolute atomic E-state index is 14.5. The van der Waals surface area contributed by atoms with Gasteiger partial charge in [0.1, 0.15) is 11.5 Å². The van der Waals surface area contributed by atoms with Crippen LogP contribution >= 0.6 is 7.60 Å². The Balaban J connectivity index is 0.00000400. The predicted molar refractivity (Wildman–Crippen MR) is 143 cm³/mol. The van der Waals surface area contributed by atoms with Crippen LogP contribution in [0, 0.1) is 0 Å². The quantitative estimate of drug-likeness (QED) is 0.116. The first kappa shape index (κ1) is 28.2. The van der Waals surface area contributed by atoms with Crippen LogP contribution in [0.3, 0.4) is 0 Å². The molecule has 1 heterocycles. The highest BCUT2D eigenvalue weighted by Gasteiger charge is 2.42. The maximum Gasteiger partial charge on any atom is 0.457 e. The minimum Gasteiger partial charge on any atom is -1.00 e. The van der Waals surface area contributed by atoms with Crippen LogP contribution in [-0.2, 0) is 9.36 Å². The van der Waals surface area contributed by atoms with Crippen molar-refractivity contribution < 1.29 is 36.2 Å². The van der Waals surface area contributed by atoms with Gasteiger partial charge in [0.2, 0.25) is 5.91 Å². The highest BCUT2D eigenvalue weighted by molar-refractivity contribution is 7.55. The lowest BCUT2D eigenvalue weighted by Gasteiger charge is -2.28. The number of para-hydroxylation sites is 2. The molecular formula is C28H26ClN4O4P. The van der Waals surface area contributed by atoms with Crippen molar-refractivity contribution in [3.05, 3.63) is 132 Å². The first-order valence-electron chi connectivity index (χ1n) is 11.4. The topological polar surface area (TPSA) is 129 Å². The first-order valence-corrected chi connectivity index (χ1v) is 13.0. The number of amidine groups is 1. The molecule has 4 aromatic rings. The number of aromatic nitrogens is 1. The average Bonchev–Trinajstić information content (AvgIpc) is 2.92. The van der Waals surface area contributed by atoms with Crippen LogP contribution in [0.25, 0.3) is 6.08 Å². The predicted octanol–water partition coefficient (Wildman–Crippen LogP) is 0.729. The number of amides is 1. The zero-order valence-corrected chi connectivity index (χ0v) is 21.8. The molecule has 0 aliphatic heterocycles. The molecule has 0 saturated carbocycles. The zero-order valence-electron chi connectivity index (χ0n) is 20.2. The fourth-order valence-corrected chi connectivity index (χ4v) is 5.31. The molecule has 0 saturated heterocycles. The van der Waals surface area contributed by atoms with Gasteiger partial charge < -0.3 is 26.8 Å². The van der Waals surface area contributed by atoms with Crippen LogP contribution in [0.5, 0.6) is 11.5 Å². The Morgan fingerprint density at radius 1 is 0.895 bits per heavy atom. The number of hydrogen-bond acceptors (Lipinski definition) is 5. The monoisotopic (exact) mass is 548 g/mol. The number of pyridine rings is 1. The first-order chi connectivity index (χ1) is 17.9. The van der Waals surface area contributed by atoms with Gasteiger partial charge in [-0.1, -0.05) is 54.6 Å². The number of nitrogens with zero attached hydrogens (tertiary/aromatic N) is 1. The fourth-order valence-electron chi connectivity index (χ4n) is 3.41. The van der Waals surface area contributed by atoms with Crippen molar-refractivity contribution in [2.45, 2.75) is 5.78 Å². The van der Waals surface area contributed by atoms with E-state index in [1.807, 2.05) is 18.2 Å². The molecule has 1 unspecified atom stereocenters. The molecule has 0 bridgehead atoms. The number of rotatable bonds is 10. The summed E-state index contributed by atoms with van der Waals surface area (Å²) in [6.07, 6.45) is 6.20.